The van der Waals surface area contributed by atoms with E-state index in [1.165, 1.54) is 0 Å². The standard InChI is InChI=1S/Na.3H3O4P/c;3*1-5(2,3)4/h;3*(H3,1,2,3,4)/q+1;;;/p-1. The first kappa shape index (κ1) is 26.0. The molecule has 0 saturated carbocycles. The first-order valence-corrected chi connectivity index (χ1v) is 6.99. The van der Waals surface area contributed by atoms with Crippen LogP contribution in [0.2, 0.25) is 0 Å². The molecule has 0 amide bonds. The Morgan fingerprint density at radius 2 is 0.625 bits per heavy atom. The molecule has 0 atom stereocenters. The Labute approximate surface area is 111 Å². The van der Waals surface area contributed by atoms with Crippen molar-refractivity contribution >= 4 is 23.5 Å². The summed E-state index contributed by atoms with van der Waals surface area (Å²) >= 11 is 0. The van der Waals surface area contributed by atoms with Crippen molar-refractivity contribution in [3.8, 4) is 0 Å². The van der Waals surface area contributed by atoms with E-state index in [0.717, 1.165) is 0 Å². The third-order valence-electron chi connectivity index (χ3n) is 0. The van der Waals surface area contributed by atoms with Gasteiger partial charge < -0.3 is 44.0 Å². The Morgan fingerprint density at radius 3 is 0.625 bits per heavy atom. The van der Waals surface area contributed by atoms with E-state index in [4.69, 9.17) is 57.7 Å². The molecule has 0 rings (SSSR count). The van der Waals surface area contributed by atoms with Crippen LogP contribution in [0.3, 0.4) is 0 Å². The van der Waals surface area contributed by atoms with E-state index in [1.807, 2.05) is 0 Å². The van der Waals surface area contributed by atoms with Crippen LogP contribution in [0.4, 0.5) is 0 Å². The molecule has 16 heavy (non-hydrogen) atoms. The fourth-order valence-electron chi connectivity index (χ4n) is 0. The summed E-state index contributed by atoms with van der Waals surface area (Å²) in [6, 6.07) is 0. The predicted octanol–water partition coefficient (Wildman–Crippen LogP) is -6.41. The average molecular weight is 316 g/mol. The molecule has 0 spiro atoms. The number of hydrogen-bond donors (Lipinski definition) is 8. The minimum atomic E-state index is -4.89. The summed E-state index contributed by atoms with van der Waals surface area (Å²) in [5, 5.41) is 0. The maximum atomic E-state index is 8.88. The van der Waals surface area contributed by atoms with E-state index in [0.29, 0.717) is 0 Å². The molecule has 0 heterocycles. The van der Waals surface area contributed by atoms with Crippen molar-refractivity contribution in [2.75, 3.05) is 0 Å². The molecular formula is H8NaO12P3. The van der Waals surface area contributed by atoms with Crippen molar-refractivity contribution < 1.29 is 87.3 Å². The van der Waals surface area contributed by atoms with Crippen molar-refractivity contribution in [1.82, 2.24) is 0 Å². The van der Waals surface area contributed by atoms with Gasteiger partial charge in [-0.05, 0) is 0 Å². The maximum Gasteiger partial charge on any atom is 1.00 e. The van der Waals surface area contributed by atoms with Crippen LogP contribution >= 0.6 is 23.5 Å². The Bertz CT molecular complexity index is 202. The topological polar surface area (TPSA) is 236 Å². The van der Waals surface area contributed by atoms with E-state index in [-0.39, 0.29) is 29.6 Å². The predicted molar refractivity (Wildman–Crippen MR) is 40.6 cm³/mol. The molecule has 0 aliphatic heterocycles. The third kappa shape index (κ3) is 1780. The minimum Gasteiger partial charge on any atom is -0.756 e. The number of hydrogen-bond acceptors (Lipinski definition) is 4. The van der Waals surface area contributed by atoms with Crippen molar-refractivity contribution in [1.29, 1.82) is 0 Å². The monoisotopic (exact) mass is 316 g/mol. The van der Waals surface area contributed by atoms with Crippen LogP contribution in [0.1, 0.15) is 0 Å². The molecule has 0 aromatic carbocycles. The van der Waals surface area contributed by atoms with Crippen molar-refractivity contribution in [2.24, 2.45) is 0 Å². The summed E-state index contributed by atoms with van der Waals surface area (Å²) in [5.74, 6) is 0. The Kier molecular flexibility index (Phi) is 16.7. The van der Waals surface area contributed by atoms with Crippen LogP contribution in [-0.2, 0) is 13.7 Å². The second kappa shape index (κ2) is 10.3. The van der Waals surface area contributed by atoms with Gasteiger partial charge in [0.2, 0.25) is 0 Å². The van der Waals surface area contributed by atoms with Crippen LogP contribution in [0, 0.1) is 0 Å². The quantitative estimate of drug-likeness (QED) is 0.154. The zero-order chi connectivity index (χ0) is 13.5. The molecule has 0 aromatic heterocycles. The molecule has 96 valence electrons. The summed E-state index contributed by atoms with van der Waals surface area (Å²) in [7, 11) is -14.2. The Hall–Kier alpha value is 1.33. The summed E-state index contributed by atoms with van der Waals surface area (Å²) < 4.78 is 26.5. The van der Waals surface area contributed by atoms with Crippen LogP contribution < -0.4 is 34.5 Å². The molecule has 0 fully saturated rings. The van der Waals surface area contributed by atoms with Gasteiger partial charge in [0.05, 0.1) is 0 Å². The van der Waals surface area contributed by atoms with Crippen LogP contribution in [0.25, 0.3) is 0 Å². The van der Waals surface area contributed by atoms with Crippen LogP contribution in [0.15, 0.2) is 0 Å². The fourth-order valence-corrected chi connectivity index (χ4v) is 0. The normalized spacial score (nSPS) is 11.1. The zero-order valence-corrected chi connectivity index (χ0v) is 12.2. The first-order valence-electron chi connectivity index (χ1n) is 2.33. The van der Waals surface area contributed by atoms with Gasteiger partial charge in [-0.15, -0.1) is 0 Å². The van der Waals surface area contributed by atoms with Crippen LogP contribution in [-0.4, -0.2) is 39.1 Å². The van der Waals surface area contributed by atoms with Gasteiger partial charge in [-0.1, -0.05) is 0 Å². The SMILES string of the molecule is O=P(O)(O)O.O=P(O)(O)O.O=P([O-])(O)O.[Na+]. The molecule has 0 bridgehead atoms. The van der Waals surface area contributed by atoms with Crippen molar-refractivity contribution in [3.63, 3.8) is 0 Å². The van der Waals surface area contributed by atoms with Gasteiger partial charge >= 0.3 is 45.2 Å². The Morgan fingerprint density at radius 1 is 0.625 bits per heavy atom. The fraction of sp³-hybridized carbons (Fsp3) is 0. The minimum absolute atomic E-state index is 0. The molecule has 0 aliphatic carbocycles. The van der Waals surface area contributed by atoms with Gasteiger partial charge in [-0.2, -0.15) is 0 Å². The van der Waals surface area contributed by atoms with Crippen molar-refractivity contribution in [3.05, 3.63) is 0 Å². The number of phosphoric acid groups is 3. The van der Waals surface area contributed by atoms with E-state index < -0.39 is 23.5 Å². The summed E-state index contributed by atoms with van der Waals surface area (Å²) in [6.45, 7) is 0. The molecular weight excluding hydrogens is 308 g/mol. The number of rotatable bonds is 0. The van der Waals surface area contributed by atoms with Gasteiger partial charge in [-0.3, -0.25) is 4.57 Å². The van der Waals surface area contributed by atoms with Gasteiger partial charge in [-0.25, -0.2) is 9.13 Å². The first-order chi connectivity index (χ1) is 6.00. The van der Waals surface area contributed by atoms with Gasteiger partial charge in [0.15, 0.2) is 0 Å². The maximum absolute atomic E-state index is 8.88. The molecule has 12 nitrogen and oxygen atoms in total. The van der Waals surface area contributed by atoms with Gasteiger partial charge in [0, 0.05) is 0 Å². The van der Waals surface area contributed by atoms with E-state index in [9.17, 15) is 0 Å². The third-order valence-corrected chi connectivity index (χ3v) is 0. The smallest absolute Gasteiger partial charge is 0.756 e. The van der Waals surface area contributed by atoms with Gasteiger partial charge in [0.25, 0.3) is 7.82 Å². The largest absolute Gasteiger partial charge is 1.00 e. The molecule has 0 aromatic rings. The molecule has 0 unspecified atom stereocenters. The van der Waals surface area contributed by atoms with E-state index in [2.05, 4.69) is 0 Å². The van der Waals surface area contributed by atoms with Gasteiger partial charge in [0.1, 0.15) is 0 Å². The molecule has 0 aliphatic rings. The van der Waals surface area contributed by atoms with Crippen LogP contribution in [0.5, 0.6) is 0 Å². The molecule has 16 heteroatoms. The Balaban J connectivity index is -0.0000000655. The summed E-state index contributed by atoms with van der Waals surface area (Å²) in [6.07, 6.45) is 0. The summed E-state index contributed by atoms with van der Waals surface area (Å²) in [4.78, 5) is 66.0. The van der Waals surface area contributed by atoms with Crippen molar-refractivity contribution in [2.45, 2.75) is 0 Å². The second-order valence-corrected chi connectivity index (χ2v) is 4.55. The molecule has 0 radical (unpaired) electrons. The second-order valence-electron chi connectivity index (χ2n) is 1.52. The molecule has 0 saturated heterocycles. The van der Waals surface area contributed by atoms with E-state index >= 15 is 0 Å². The summed E-state index contributed by atoms with van der Waals surface area (Å²) in [5.41, 5.74) is 0. The van der Waals surface area contributed by atoms with E-state index in [1.54, 1.807) is 0 Å². The molecule has 8 N–H and O–H groups in total. The average Bonchev–Trinajstić information content (AvgIpc) is 1.41. The zero-order valence-electron chi connectivity index (χ0n) is 7.55.